The molecule has 0 aliphatic carbocycles. The molecule has 1 aliphatic heterocycles. The number of halogens is 1. The second-order valence-corrected chi connectivity index (χ2v) is 4.12. The van der Waals surface area contributed by atoms with Crippen LogP contribution in [0.1, 0.15) is 24.4 Å². The smallest absolute Gasteiger partial charge is 0.307 e. The summed E-state index contributed by atoms with van der Waals surface area (Å²) in [5.41, 5.74) is 1.02. The van der Waals surface area contributed by atoms with E-state index in [1.54, 1.807) is 12.1 Å². The van der Waals surface area contributed by atoms with E-state index in [-0.39, 0.29) is 17.8 Å². The predicted molar refractivity (Wildman–Crippen MR) is 57.5 cm³/mol. The SMILES string of the molecule is O=C(O)C1CCC(c2ccc(F)cc2)NC1. The fourth-order valence-electron chi connectivity index (χ4n) is 2.05. The Labute approximate surface area is 93.3 Å². The molecule has 1 aromatic rings. The molecule has 0 saturated carbocycles. The molecule has 0 amide bonds. The molecule has 1 aliphatic rings. The highest BCUT2D eigenvalue weighted by Gasteiger charge is 2.25. The van der Waals surface area contributed by atoms with Crippen LogP contribution in [0.15, 0.2) is 24.3 Å². The molecule has 2 N–H and O–H groups in total. The van der Waals surface area contributed by atoms with Gasteiger partial charge in [0, 0.05) is 12.6 Å². The fraction of sp³-hybridized carbons (Fsp3) is 0.417. The molecular formula is C12H14FNO2. The molecule has 0 bridgehead atoms. The average Bonchev–Trinajstić information content (AvgIpc) is 2.30. The molecular weight excluding hydrogens is 209 g/mol. The zero-order chi connectivity index (χ0) is 11.5. The van der Waals surface area contributed by atoms with Crippen molar-refractivity contribution in [1.82, 2.24) is 5.32 Å². The highest BCUT2D eigenvalue weighted by Crippen LogP contribution is 2.25. The number of benzene rings is 1. The summed E-state index contributed by atoms with van der Waals surface area (Å²) in [6.07, 6.45) is 1.45. The first kappa shape index (κ1) is 11.1. The molecule has 16 heavy (non-hydrogen) atoms. The summed E-state index contributed by atoms with van der Waals surface area (Å²) in [6.45, 7) is 0.484. The summed E-state index contributed by atoms with van der Waals surface area (Å²) in [6, 6.07) is 6.50. The Hall–Kier alpha value is -1.42. The number of hydrogen-bond acceptors (Lipinski definition) is 2. The van der Waals surface area contributed by atoms with Gasteiger partial charge in [-0.25, -0.2) is 4.39 Å². The van der Waals surface area contributed by atoms with Crippen LogP contribution in [0, 0.1) is 11.7 Å². The Kier molecular flexibility index (Phi) is 3.19. The first-order valence-electron chi connectivity index (χ1n) is 5.38. The minimum absolute atomic E-state index is 0.149. The molecule has 2 rings (SSSR count). The van der Waals surface area contributed by atoms with Gasteiger partial charge in [0.2, 0.25) is 0 Å². The number of hydrogen-bond donors (Lipinski definition) is 2. The first-order chi connectivity index (χ1) is 7.66. The van der Waals surface area contributed by atoms with E-state index in [9.17, 15) is 9.18 Å². The number of nitrogens with one attached hydrogen (secondary N) is 1. The molecule has 2 unspecified atom stereocenters. The molecule has 0 spiro atoms. The summed E-state index contributed by atoms with van der Waals surface area (Å²) in [4.78, 5) is 10.8. The van der Waals surface area contributed by atoms with Crippen LogP contribution in [0.4, 0.5) is 4.39 Å². The maximum absolute atomic E-state index is 12.7. The van der Waals surface area contributed by atoms with E-state index in [4.69, 9.17) is 5.11 Å². The highest BCUT2D eigenvalue weighted by molar-refractivity contribution is 5.70. The number of carbonyl (C=O) groups is 1. The van der Waals surface area contributed by atoms with Crippen molar-refractivity contribution < 1.29 is 14.3 Å². The lowest BCUT2D eigenvalue weighted by atomic mass is 9.91. The van der Waals surface area contributed by atoms with Crippen molar-refractivity contribution in [2.24, 2.45) is 5.92 Å². The molecule has 1 fully saturated rings. The van der Waals surface area contributed by atoms with Crippen LogP contribution in [0.3, 0.4) is 0 Å². The van der Waals surface area contributed by atoms with E-state index in [2.05, 4.69) is 5.32 Å². The molecule has 0 aromatic heterocycles. The van der Waals surface area contributed by atoms with Crippen molar-refractivity contribution in [3.05, 3.63) is 35.6 Å². The quantitative estimate of drug-likeness (QED) is 0.805. The number of carboxylic acid groups (broad SMARTS) is 1. The monoisotopic (exact) mass is 223 g/mol. The largest absolute Gasteiger partial charge is 0.481 e. The first-order valence-corrected chi connectivity index (χ1v) is 5.38. The normalized spacial score (nSPS) is 25.3. The molecule has 3 nitrogen and oxygen atoms in total. The van der Waals surface area contributed by atoms with Crippen molar-refractivity contribution in [3.8, 4) is 0 Å². The highest BCUT2D eigenvalue weighted by atomic mass is 19.1. The second kappa shape index (κ2) is 4.61. The van der Waals surface area contributed by atoms with Gasteiger partial charge in [-0.15, -0.1) is 0 Å². The van der Waals surface area contributed by atoms with E-state index in [1.165, 1.54) is 12.1 Å². The molecule has 0 radical (unpaired) electrons. The molecule has 4 heteroatoms. The van der Waals surface area contributed by atoms with Gasteiger partial charge in [0.05, 0.1) is 5.92 Å². The summed E-state index contributed by atoms with van der Waals surface area (Å²) in [5, 5.41) is 12.0. The van der Waals surface area contributed by atoms with E-state index < -0.39 is 5.97 Å². The third kappa shape index (κ3) is 2.39. The lowest BCUT2D eigenvalue weighted by molar-refractivity contribution is -0.142. The minimum atomic E-state index is -0.745. The minimum Gasteiger partial charge on any atom is -0.481 e. The standard InChI is InChI=1S/C12H14FNO2/c13-10-4-1-8(2-5-10)11-6-3-9(7-14-11)12(15)16/h1-2,4-5,9,11,14H,3,6-7H2,(H,15,16). The van der Waals surface area contributed by atoms with E-state index >= 15 is 0 Å². The third-order valence-electron chi connectivity index (χ3n) is 3.04. The van der Waals surface area contributed by atoms with Crippen LogP contribution in [-0.4, -0.2) is 17.6 Å². The summed E-state index contributed by atoms with van der Waals surface area (Å²) < 4.78 is 12.7. The maximum atomic E-state index is 12.7. The van der Waals surface area contributed by atoms with E-state index in [1.807, 2.05) is 0 Å². The lowest BCUT2D eigenvalue weighted by Gasteiger charge is -2.27. The van der Waals surface area contributed by atoms with Gasteiger partial charge in [0.1, 0.15) is 5.82 Å². The van der Waals surface area contributed by atoms with Gasteiger partial charge < -0.3 is 10.4 Å². The van der Waals surface area contributed by atoms with Gasteiger partial charge in [-0.2, -0.15) is 0 Å². The van der Waals surface area contributed by atoms with Crippen LogP contribution in [0.2, 0.25) is 0 Å². The van der Waals surface area contributed by atoms with Gasteiger partial charge in [-0.05, 0) is 30.5 Å². The molecule has 1 heterocycles. The Morgan fingerprint density at radius 2 is 2.00 bits per heavy atom. The van der Waals surface area contributed by atoms with Crippen molar-refractivity contribution >= 4 is 5.97 Å². The van der Waals surface area contributed by atoms with Crippen LogP contribution in [0.5, 0.6) is 0 Å². The Balaban J connectivity index is 1.99. The third-order valence-corrected chi connectivity index (χ3v) is 3.04. The summed E-state index contributed by atoms with van der Waals surface area (Å²) in [5.74, 6) is -1.29. The fourth-order valence-corrected chi connectivity index (χ4v) is 2.05. The molecule has 1 saturated heterocycles. The van der Waals surface area contributed by atoms with Crippen LogP contribution in [-0.2, 0) is 4.79 Å². The molecule has 1 aromatic carbocycles. The number of piperidine rings is 1. The number of aliphatic carboxylic acids is 1. The maximum Gasteiger partial charge on any atom is 0.307 e. The zero-order valence-electron chi connectivity index (χ0n) is 8.82. The van der Waals surface area contributed by atoms with E-state index in [0.717, 1.165) is 12.0 Å². The van der Waals surface area contributed by atoms with Crippen molar-refractivity contribution in [3.63, 3.8) is 0 Å². The topological polar surface area (TPSA) is 49.3 Å². The van der Waals surface area contributed by atoms with Gasteiger partial charge in [-0.1, -0.05) is 12.1 Å². The Morgan fingerprint density at radius 3 is 2.50 bits per heavy atom. The van der Waals surface area contributed by atoms with E-state index in [0.29, 0.717) is 13.0 Å². The second-order valence-electron chi connectivity index (χ2n) is 4.12. The van der Waals surface area contributed by atoms with Crippen molar-refractivity contribution in [1.29, 1.82) is 0 Å². The van der Waals surface area contributed by atoms with Crippen LogP contribution >= 0.6 is 0 Å². The Bertz CT molecular complexity index is 369. The summed E-state index contributed by atoms with van der Waals surface area (Å²) in [7, 11) is 0. The molecule has 86 valence electrons. The Morgan fingerprint density at radius 1 is 1.31 bits per heavy atom. The number of carboxylic acids is 1. The van der Waals surface area contributed by atoms with Crippen LogP contribution in [0.25, 0.3) is 0 Å². The van der Waals surface area contributed by atoms with Gasteiger partial charge >= 0.3 is 5.97 Å². The van der Waals surface area contributed by atoms with Gasteiger partial charge in [0.25, 0.3) is 0 Å². The summed E-state index contributed by atoms with van der Waals surface area (Å²) >= 11 is 0. The van der Waals surface area contributed by atoms with Crippen molar-refractivity contribution in [2.45, 2.75) is 18.9 Å². The zero-order valence-corrected chi connectivity index (χ0v) is 8.82. The van der Waals surface area contributed by atoms with Gasteiger partial charge in [0.15, 0.2) is 0 Å². The van der Waals surface area contributed by atoms with Crippen molar-refractivity contribution in [2.75, 3.05) is 6.54 Å². The molecule has 2 atom stereocenters. The average molecular weight is 223 g/mol. The van der Waals surface area contributed by atoms with Crippen LogP contribution < -0.4 is 5.32 Å². The van der Waals surface area contributed by atoms with Gasteiger partial charge in [-0.3, -0.25) is 4.79 Å². The predicted octanol–water partition coefficient (Wildman–Crippen LogP) is 1.95. The lowest BCUT2D eigenvalue weighted by Crippen LogP contribution is -2.36. The number of rotatable bonds is 2.